The Morgan fingerprint density at radius 1 is 0.426 bits per heavy atom. The van der Waals surface area contributed by atoms with Crippen LogP contribution in [0.3, 0.4) is 0 Å². The van der Waals surface area contributed by atoms with Gasteiger partial charge in [-0.2, -0.15) is 21.0 Å². The van der Waals surface area contributed by atoms with Crippen LogP contribution in [0.15, 0.2) is 133 Å². The Kier molecular flexibility index (Phi) is 7.17. The Balaban J connectivity index is 1.32. The molecule has 6 aromatic carbocycles. The van der Waals surface area contributed by atoms with Gasteiger partial charge in [-0.1, -0.05) is 78.9 Å². The second-order valence-corrected chi connectivity index (χ2v) is 10.9. The largest absolute Gasteiger partial charge is 0.457 e. The van der Waals surface area contributed by atoms with Gasteiger partial charge in [-0.25, -0.2) is 0 Å². The molecule has 0 amide bonds. The monoisotopic (exact) mass is 602 g/mol. The van der Waals surface area contributed by atoms with Crippen molar-refractivity contribution in [3.05, 3.63) is 178 Å². The first-order valence-corrected chi connectivity index (χ1v) is 14.7. The maximum atomic E-state index is 9.67. The molecule has 0 radical (unpaired) electrons. The molecule has 6 heteroatoms. The molecule has 0 saturated heterocycles. The third-order valence-corrected chi connectivity index (χ3v) is 8.48. The summed E-state index contributed by atoms with van der Waals surface area (Å²) in [5.74, 6) is 1.92. The maximum absolute atomic E-state index is 9.67. The van der Waals surface area contributed by atoms with E-state index in [-0.39, 0.29) is 16.7 Å². The van der Waals surface area contributed by atoms with Crippen molar-refractivity contribution in [3.63, 3.8) is 0 Å². The highest BCUT2D eigenvalue weighted by Crippen LogP contribution is 2.56. The Hall–Kier alpha value is -7.12. The molecule has 0 heterocycles. The van der Waals surface area contributed by atoms with Crippen molar-refractivity contribution in [2.45, 2.75) is 5.41 Å². The molecule has 0 bridgehead atoms. The van der Waals surface area contributed by atoms with Crippen molar-refractivity contribution < 1.29 is 9.47 Å². The first kappa shape index (κ1) is 28.6. The van der Waals surface area contributed by atoms with Crippen LogP contribution in [0.5, 0.6) is 23.0 Å². The van der Waals surface area contributed by atoms with Gasteiger partial charge in [0.05, 0.1) is 22.1 Å². The molecular formula is C41H22N4O2. The van der Waals surface area contributed by atoms with Crippen LogP contribution >= 0.6 is 0 Å². The van der Waals surface area contributed by atoms with E-state index in [1.165, 1.54) is 0 Å². The Bertz CT molecular complexity index is 2300. The molecule has 7 rings (SSSR count). The Labute approximate surface area is 271 Å². The lowest BCUT2D eigenvalue weighted by molar-refractivity contribution is 0.480. The van der Waals surface area contributed by atoms with Gasteiger partial charge in [0.2, 0.25) is 0 Å². The molecule has 0 atom stereocenters. The number of fused-ring (bicyclic) bond motifs is 3. The standard InChI is InChI=1S/C41H22N4O2/c42-23-27-12-17-34(22-29(27)25-44)46-32-18-13-30(14-19-32)41(38-9-3-1-7-35(38)36-8-2-4-10-39(36)41)31-15-20-33(21-16-31)47-40-11-5-6-28(24-43)37(40)26-45/h1-22H. The predicted octanol–water partition coefficient (Wildman–Crippen LogP) is 9.12. The summed E-state index contributed by atoms with van der Waals surface area (Å²) in [6, 6.07) is 50.6. The number of hydrogen-bond acceptors (Lipinski definition) is 6. The minimum Gasteiger partial charge on any atom is -0.457 e. The summed E-state index contributed by atoms with van der Waals surface area (Å²) in [7, 11) is 0. The summed E-state index contributed by atoms with van der Waals surface area (Å²) in [4.78, 5) is 0. The van der Waals surface area contributed by atoms with Gasteiger partial charge in [-0.05, 0) is 88.0 Å². The number of benzene rings is 6. The van der Waals surface area contributed by atoms with Gasteiger partial charge in [0.1, 0.15) is 52.8 Å². The number of hydrogen-bond donors (Lipinski definition) is 0. The lowest BCUT2D eigenvalue weighted by atomic mass is 9.68. The second-order valence-electron chi connectivity index (χ2n) is 10.9. The molecular weight excluding hydrogens is 580 g/mol. The summed E-state index contributed by atoms with van der Waals surface area (Å²) in [5.41, 5.74) is 6.99. The highest BCUT2D eigenvalue weighted by Gasteiger charge is 2.45. The predicted molar refractivity (Wildman–Crippen MR) is 176 cm³/mol. The van der Waals surface area contributed by atoms with Crippen LogP contribution in [-0.2, 0) is 5.41 Å². The number of rotatable bonds is 6. The van der Waals surface area contributed by atoms with E-state index in [1.54, 1.807) is 36.4 Å². The van der Waals surface area contributed by atoms with Crippen LogP contribution in [0, 0.1) is 45.3 Å². The van der Waals surface area contributed by atoms with Crippen molar-refractivity contribution >= 4 is 0 Å². The van der Waals surface area contributed by atoms with E-state index in [2.05, 4.69) is 78.9 Å². The van der Waals surface area contributed by atoms with E-state index >= 15 is 0 Å². The Morgan fingerprint density at radius 3 is 1.51 bits per heavy atom. The molecule has 0 aromatic heterocycles. The lowest BCUT2D eigenvalue weighted by Crippen LogP contribution is -2.28. The third-order valence-electron chi connectivity index (χ3n) is 8.48. The average Bonchev–Trinajstić information content (AvgIpc) is 3.43. The maximum Gasteiger partial charge on any atom is 0.146 e. The van der Waals surface area contributed by atoms with Crippen molar-refractivity contribution in [1.29, 1.82) is 21.0 Å². The van der Waals surface area contributed by atoms with E-state index < -0.39 is 5.41 Å². The van der Waals surface area contributed by atoms with Crippen molar-refractivity contribution in [2.24, 2.45) is 0 Å². The summed E-state index contributed by atoms with van der Waals surface area (Å²) in [6.07, 6.45) is 0. The molecule has 0 fully saturated rings. The molecule has 0 N–H and O–H groups in total. The number of nitriles is 4. The number of nitrogens with zero attached hydrogens (tertiary/aromatic N) is 4. The molecule has 0 spiro atoms. The topological polar surface area (TPSA) is 114 Å². The molecule has 0 unspecified atom stereocenters. The van der Waals surface area contributed by atoms with Crippen molar-refractivity contribution in [1.82, 2.24) is 0 Å². The van der Waals surface area contributed by atoms with Gasteiger partial charge in [0.25, 0.3) is 0 Å². The van der Waals surface area contributed by atoms with E-state index in [0.29, 0.717) is 28.6 Å². The fourth-order valence-electron chi connectivity index (χ4n) is 6.43. The SMILES string of the molecule is N#Cc1ccc(Oc2ccc(C3(c4ccc(Oc5cccc(C#N)c5C#N)cc4)c4ccccc4-c4ccccc43)cc2)cc1C#N. The first-order chi connectivity index (χ1) is 23.1. The third kappa shape index (κ3) is 4.72. The minimum absolute atomic E-state index is 0.196. The van der Waals surface area contributed by atoms with Crippen LogP contribution < -0.4 is 9.47 Å². The van der Waals surface area contributed by atoms with E-state index in [1.807, 2.05) is 42.5 Å². The van der Waals surface area contributed by atoms with Crippen LogP contribution in [0.4, 0.5) is 0 Å². The van der Waals surface area contributed by atoms with E-state index in [0.717, 1.165) is 33.4 Å². The fraction of sp³-hybridized carbons (Fsp3) is 0.0244. The minimum atomic E-state index is -0.662. The van der Waals surface area contributed by atoms with Crippen molar-refractivity contribution in [3.8, 4) is 58.4 Å². The van der Waals surface area contributed by atoms with Gasteiger partial charge in [0.15, 0.2) is 0 Å². The molecule has 6 aromatic rings. The fourth-order valence-corrected chi connectivity index (χ4v) is 6.43. The van der Waals surface area contributed by atoms with Crippen LogP contribution in [0.2, 0.25) is 0 Å². The summed E-state index contributed by atoms with van der Waals surface area (Å²) in [5, 5.41) is 37.8. The van der Waals surface area contributed by atoms with Crippen LogP contribution in [0.25, 0.3) is 11.1 Å². The summed E-state index contributed by atoms with van der Waals surface area (Å²) < 4.78 is 12.2. The van der Waals surface area contributed by atoms with Crippen LogP contribution in [0.1, 0.15) is 44.5 Å². The molecule has 0 aliphatic heterocycles. The molecule has 6 nitrogen and oxygen atoms in total. The first-order valence-electron chi connectivity index (χ1n) is 14.7. The molecule has 47 heavy (non-hydrogen) atoms. The lowest BCUT2D eigenvalue weighted by Gasteiger charge is -2.34. The molecule has 218 valence electrons. The van der Waals surface area contributed by atoms with Gasteiger partial charge in [-0.15, -0.1) is 0 Å². The molecule has 1 aliphatic rings. The zero-order valence-electron chi connectivity index (χ0n) is 24.8. The Morgan fingerprint density at radius 2 is 0.957 bits per heavy atom. The van der Waals surface area contributed by atoms with E-state index in [4.69, 9.17) is 9.47 Å². The molecule has 0 saturated carbocycles. The van der Waals surface area contributed by atoms with Crippen molar-refractivity contribution in [2.75, 3.05) is 0 Å². The second kappa shape index (κ2) is 11.8. The normalized spacial score (nSPS) is 11.9. The zero-order chi connectivity index (χ0) is 32.4. The molecule has 1 aliphatic carbocycles. The average molecular weight is 603 g/mol. The van der Waals surface area contributed by atoms with Gasteiger partial charge >= 0.3 is 0 Å². The van der Waals surface area contributed by atoms with Gasteiger partial charge in [-0.3, -0.25) is 0 Å². The number of ether oxygens (including phenoxy) is 2. The van der Waals surface area contributed by atoms with E-state index in [9.17, 15) is 21.0 Å². The quantitative estimate of drug-likeness (QED) is 0.188. The van der Waals surface area contributed by atoms with Gasteiger partial charge in [0, 0.05) is 0 Å². The summed E-state index contributed by atoms with van der Waals surface area (Å²) in [6.45, 7) is 0. The van der Waals surface area contributed by atoms with Crippen LogP contribution in [-0.4, -0.2) is 0 Å². The smallest absolute Gasteiger partial charge is 0.146 e. The highest BCUT2D eigenvalue weighted by atomic mass is 16.5. The highest BCUT2D eigenvalue weighted by molar-refractivity contribution is 5.86. The zero-order valence-corrected chi connectivity index (χ0v) is 24.8. The van der Waals surface area contributed by atoms with Gasteiger partial charge < -0.3 is 9.47 Å². The summed E-state index contributed by atoms with van der Waals surface area (Å²) >= 11 is 0.